The summed E-state index contributed by atoms with van der Waals surface area (Å²) in [6, 6.07) is 18.3. The van der Waals surface area contributed by atoms with Crippen molar-refractivity contribution in [3.63, 3.8) is 0 Å². The Bertz CT molecular complexity index is 1310. The summed E-state index contributed by atoms with van der Waals surface area (Å²) in [5.41, 5.74) is 3.06. The lowest BCUT2D eigenvalue weighted by atomic mass is 10.2. The fourth-order valence-corrected chi connectivity index (χ4v) is 4.64. The highest BCUT2D eigenvalue weighted by Crippen LogP contribution is 2.29. The third kappa shape index (κ3) is 5.73. The third-order valence-electron chi connectivity index (χ3n) is 4.58. The van der Waals surface area contributed by atoms with E-state index >= 15 is 0 Å². The number of hydrazone groups is 1. The second kappa shape index (κ2) is 10.2. The van der Waals surface area contributed by atoms with Crippen molar-refractivity contribution in [2.75, 3.05) is 10.8 Å². The molecule has 0 heterocycles. The molecule has 3 aromatic carbocycles. The molecule has 0 aromatic heterocycles. The molecule has 0 aliphatic heterocycles. The lowest BCUT2D eigenvalue weighted by Gasteiger charge is -2.25. The van der Waals surface area contributed by atoms with Crippen molar-refractivity contribution in [1.82, 2.24) is 5.43 Å². The van der Waals surface area contributed by atoms with Crippen molar-refractivity contribution >= 4 is 45.1 Å². The fraction of sp³-hybridized carbons (Fsp3) is 0.0909. The van der Waals surface area contributed by atoms with Gasteiger partial charge in [0, 0.05) is 11.1 Å². The number of aryl methyl sites for hydroxylation is 1. The topological polar surface area (TPSA) is 122 Å². The van der Waals surface area contributed by atoms with E-state index in [0.29, 0.717) is 10.6 Å². The third-order valence-corrected chi connectivity index (χ3v) is 6.59. The molecule has 0 spiro atoms. The van der Waals surface area contributed by atoms with E-state index in [-0.39, 0.29) is 21.8 Å². The van der Waals surface area contributed by atoms with Gasteiger partial charge in [-0.2, -0.15) is 5.10 Å². The van der Waals surface area contributed by atoms with E-state index in [1.807, 2.05) is 0 Å². The lowest BCUT2D eigenvalue weighted by molar-refractivity contribution is -0.385. The Kier molecular flexibility index (Phi) is 7.41. The molecule has 11 heteroatoms. The monoisotopic (exact) mass is 486 g/mol. The van der Waals surface area contributed by atoms with Gasteiger partial charge >= 0.3 is 0 Å². The van der Waals surface area contributed by atoms with Crippen molar-refractivity contribution in [1.29, 1.82) is 0 Å². The first kappa shape index (κ1) is 23.9. The molecule has 1 amide bonds. The number of nitro groups is 1. The van der Waals surface area contributed by atoms with Gasteiger partial charge in [0.1, 0.15) is 6.54 Å². The van der Waals surface area contributed by atoms with Crippen molar-refractivity contribution in [2.24, 2.45) is 5.10 Å². The molecule has 0 fully saturated rings. The first-order valence-corrected chi connectivity index (χ1v) is 11.4. The van der Waals surface area contributed by atoms with Crippen LogP contribution < -0.4 is 9.73 Å². The van der Waals surface area contributed by atoms with Crippen LogP contribution in [0.15, 0.2) is 82.8 Å². The van der Waals surface area contributed by atoms with E-state index in [1.54, 1.807) is 43.3 Å². The molecule has 33 heavy (non-hydrogen) atoms. The van der Waals surface area contributed by atoms with Crippen LogP contribution in [0.25, 0.3) is 0 Å². The smallest absolute Gasteiger partial charge is 0.271 e. The van der Waals surface area contributed by atoms with E-state index in [2.05, 4.69) is 10.5 Å². The largest absolute Gasteiger partial charge is 0.278 e. The lowest BCUT2D eigenvalue weighted by Crippen LogP contribution is -2.40. The summed E-state index contributed by atoms with van der Waals surface area (Å²) >= 11 is 6.08. The summed E-state index contributed by atoms with van der Waals surface area (Å²) < 4.78 is 27.6. The Morgan fingerprint density at radius 3 is 2.48 bits per heavy atom. The minimum absolute atomic E-state index is 0.000544. The molecule has 0 aliphatic carbocycles. The van der Waals surface area contributed by atoms with Crippen LogP contribution in [0, 0.1) is 17.0 Å². The van der Waals surface area contributed by atoms with Crippen molar-refractivity contribution in [2.45, 2.75) is 11.8 Å². The van der Waals surface area contributed by atoms with Crippen LogP contribution >= 0.6 is 11.6 Å². The number of benzene rings is 3. The number of hydrogen-bond donors (Lipinski definition) is 1. The quantitative estimate of drug-likeness (QED) is 0.294. The summed E-state index contributed by atoms with van der Waals surface area (Å²) in [6.07, 6.45) is 1.12. The van der Waals surface area contributed by atoms with E-state index < -0.39 is 27.4 Å². The summed E-state index contributed by atoms with van der Waals surface area (Å²) in [5, 5.41) is 15.2. The molecule has 0 aliphatic rings. The summed E-state index contributed by atoms with van der Waals surface area (Å²) in [6.45, 7) is 1.11. The number of anilines is 1. The number of carbonyl (C=O) groups is 1. The molecule has 1 N–H and O–H groups in total. The molecule has 0 saturated heterocycles. The zero-order valence-electron chi connectivity index (χ0n) is 17.4. The second-order valence-electron chi connectivity index (χ2n) is 6.86. The van der Waals surface area contributed by atoms with Crippen molar-refractivity contribution in [3.05, 3.63) is 99.1 Å². The number of carbonyl (C=O) groups excluding carboxylic acids is 1. The molecule has 170 valence electrons. The standard InChI is InChI=1S/C22H19ClN4O5S/c1-16-11-12-18(23)13-21(16)26(33(31,32)19-8-3-2-4-9-19)15-22(28)25-24-14-17-7-5-6-10-20(17)27(29)30/h2-14H,15H2,1H3,(H,25,28)/b24-14-. The number of amides is 1. The number of nitrogens with zero attached hydrogens (tertiary/aromatic N) is 3. The Hall–Kier alpha value is -3.76. The highest BCUT2D eigenvalue weighted by atomic mass is 35.5. The summed E-state index contributed by atoms with van der Waals surface area (Å²) in [7, 11) is -4.11. The predicted octanol–water partition coefficient (Wildman–Crippen LogP) is 3.90. The fourth-order valence-electron chi connectivity index (χ4n) is 2.97. The Morgan fingerprint density at radius 2 is 1.79 bits per heavy atom. The molecule has 3 aromatic rings. The maximum absolute atomic E-state index is 13.3. The number of nitro benzene ring substituents is 1. The average molecular weight is 487 g/mol. The molecule has 0 bridgehead atoms. The molecule has 0 radical (unpaired) electrons. The Balaban J connectivity index is 1.89. The minimum atomic E-state index is -4.11. The van der Waals surface area contributed by atoms with Gasteiger partial charge in [-0.25, -0.2) is 13.8 Å². The van der Waals surface area contributed by atoms with E-state index in [9.17, 15) is 23.3 Å². The van der Waals surface area contributed by atoms with E-state index in [1.165, 1.54) is 36.4 Å². The van der Waals surface area contributed by atoms with E-state index in [0.717, 1.165) is 10.5 Å². The van der Waals surface area contributed by atoms with Gasteiger partial charge in [-0.05, 0) is 42.8 Å². The van der Waals surface area contributed by atoms with Gasteiger partial charge in [0.05, 0.1) is 27.3 Å². The highest BCUT2D eigenvalue weighted by Gasteiger charge is 2.28. The summed E-state index contributed by atoms with van der Waals surface area (Å²) in [5.74, 6) is -0.747. The van der Waals surface area contributed by atoms with Crippen LogP contribution in [0.1, 0.15) is 11.1 Å². The van der Waals surface area contributed by atoms with Crippen LogP contribution in [0.2, 0.25) is 5.02 Å². The Morgan fingerprint density at radius 1 is 1.12 bits per heavy atom. The van der Waals surface area contributed by atoms with Crippen molar-refractivity contribution < 1.29 is 18.1 Å². The zero-order chi connectivity index (χ0) is 24.0. The van der Waals surface area contributed by atoms with Crippen LogP contribution in [0.4, 0.5) is 11.4 Å². The normalized spacial score (nSPS) is 11.3. The first-order valence-electron chi connectivity index (χ1n) is 9.59. The van der Waals surface area contributed by atoms with Crippen LogP contribution in [-0.2, 0) is 14.8 Å². The number of nitrogens with one attached hydrogen (secondary N) is 1. The van der Waals surface area contributed by atoms with Gasteiger partial charge < -0.3 is 0 Å². The number of sulfonamides is 1. The maximum Gasteiger partial charge on any atom is 0.278 e. The van der Waals surface area contributed by atoms with Gasteiger partial charge in [-0.3, -0.25) is 19.2 Å². The molecule has 3 rings (SSSR count). The molecular weight excluding hydrogens is 468 g/mol. The summed E-state index contributed by atoms with van der Waals surface area (Å²) in [4.78, 5) is 23.1. The highest BCUT2D eigenvalue weighted by molar-refractivity contribution is 7.92. The number of halogens is 1. The van der Waals surface area contributed by atoms with Crippen LogP contribution in [0.5, 0.6) is 0 Å². The molecular formula is C22H19ClN4O5S. The van der Waals surface area contributed by atoms with Crippen molar-refractivity contribution in [3.8, 4) is 0 Å². The van der Waals surface area contributed by atoms with Gasteiger partial charge in [0.25, 0.3) is 21.6 Å². The SMILES string of the molecule is Cc1ccc(Cl)cc1N(CC(=O)N/N=C\c1ccccc1[N+](=O)[O-])S(=O)(=O)c1ccccc1. The molecule has 0 saturated carbocycles. The molecule has 0 unspecified atom stereocenters. The number of para-hydroxylation sites is 1. The number of hydrogen-bond acceptors (Lipinski definition) is 6. The predicted molar refractivity (Wildman–Crippen MR) is 126 cm³/mol. The van der Waals surface area contributed by atoms with E-state index in [4.69, 9.17) is 11.6 Å². The molecule has 9 nitrogen and oxygen atoms in total. The Labute approximate surface area is 195 Å². The first-order chi connectivity index (χ1) is 15.7. The molecule has 0 atom stereocenters. The minimum Gasteiger partial charge on any atom is -0.271 e. The van der Waals surface area contributed by atoms with Gasteiger partial charge in [0.15, 0.2) is 0 Å². The van der Waals surface area contributed by atoms with Crippen LogP contribution in [-0.4, -0.2) is 32.0 Å². The van der Waals surface area contributed by atoms with Gasteiger partial charge in [-0.15, -0.1) is 0 Å². The van der Waals surface area contributed by atoms with Gasteiger partial charge in [0.2, 0.25) is 0 Å². The van der Waals surface area contributed by atoms with Crippen LogP contribution in [0.3, 0.4) is 0 Å². The number of rotatable bonds is 8. The maximum atomic E-state index is 13.3. The zero-order valence-corrected chi connectivity index (χ0v) is 19.0. The average Bonchev–Trinajstić information content (AvgIpc) is 2.80. The van der Waals surface area contributed by atoms with Gasteiger partial charge in [-0.1, -0.05) is 48.0 Å². The second-order valence-corrected chi connectivity index (χ2v) is 9.16.